The van der Waals surface area contributed by atoms with Crippen molar-refractivity contribution < 1.29 is 9.47 Å². The van der Waals surface area contributed by atoms with Crippen molar-refractivity contribution in [2.75, 3.05) is 7.11 Å². The molecule has 1 aromatic heterocycles. The lowest BCUT2D eigenvalue weighted by atomic mass is 10.1. The van der Waals surface area contributed by atoms with Crippen LogP contribution in [0.1, 0.15) is 25.7 Å². The van der Waals surface area contributed by atoms with E-state index in [4.69, 9.17) is 9.47 Å². The Hall–Kier alpha value is -3.08. The molecule has 138 valence electrons. The quantitative estimate of drug-likeness (QED) is 0.682. The summed E-state index contributed by atoms with van der Waals surface area (Å²) in [6.45, 7) is 0. The van der Waals surface area contributed by atoms with Gasteiger partial charge in [0.2, 0.25) is 0 Å². The minimum Gasteiger partial charge on any atom is -0.493 e. The Labute approximate surface area is 158 Å². The number of hydrogen-bond donors (Lipinski definition) is 0. The fraction of sp³-hybridized carbons (Fsp3) is 0.273. The monoisotopic (exact) mass is 362 g/mol. The maximum Gasteiger partial charge on any atom is 0.272 e. The molecule has 4 rings (SSSR count). The van der Waals surface area contributed by atoms with Gasteiger partial charge in [0.25, 0.3) is 5.56 Å². The van der Waals surface area contributed by atoms with Gasteiger partial charge >= 0.3 is 0 Å². The van der Waals surface area contributed by atoms with E-state index in [-0.39, 0.29) is 11.7 Å². The molecule has 2 aromatic carbocycles. The lowest BCUT2D eigenvalue weighted by Gasteiger charge is -2.17. The van der Waals surface area contributed by atoms with Crippen LogP contribution < -0.4 is 15.0 Å². The number of benzene rings is 2. The van der Waals surface area contributed by atoms with E-state index in [1.165, 1.54) is 17.5 Å². The summed E-state index contributed by atoms with van der Waals surface area (Å²) in [6.07, 6.45) is 6.49. The Morgan fingerprint density at radius 2 is 1.74 bits per heavy atom. The largest absolute Gasteiger partial charge is 0.493 e. The van der Waals surface area contributed by atoms with Gasteiger partial charge in [0.1, 0.15) is 0 Å². The number of nitrogens with zero attached hydrogens (tertiary/aromatic N) is 2. The standard InChI is InChI=1S/C22H22N2O3/c1-26-20-12-11-16(13-21(20)27-19-9-5-6-10-19)17-14-22(25)24(23-15-17)18-7-3-2-4-8-18/h2-4,7-8,11-15,19H,5-6,9-10H2,1H3. The van der Waals surface area contributed by atoms with Crippen molar-refractivity contribution in [2.45, 2.75) is 31.8 Å². The summed E-state index contributed by atoms with van der Waals surface area (Å²) in [5, 5.41) is 4.33. The van der Waals surface area contributed by atoms with Crippen molar-refractivity contribution in [1.82, 2.24) is 9.78 Å². The minimum absolute atomic E-state index is 0.173. The van der Waals surface area contributed by atoms with Crippen LogP contribution in [0.5, 0.6) is 11.5 Å². The van der Waals surface area contributed by atoms with Crippen molar-refractivity contribution >= 4 is 0 Å². The van der Waals surface area contributed by atoms with Crippen LogP contribution in [0.4, 0.5) is 0 Å². The van der Waals surface area contributed by atoms with Gasteiger partial charge in [-0.25, -0.2) is 0 Å². The summed E-state index contributed by atoms with van der Waals surface area (Å²) in [4.78, 5) is 12.5. The number of ether oxygens (including phenoxy) is 2. The number of methoxy groups -OCH3 is 1. The molecule has 27 heavy (non-hydrogen) atoms. The molecule has 1 fully saturated rings. The molecule has 1 heterocycles. The van der Waals surface area contributed by atoms with Crippen LogP contribution in [0.2, 0.25) is 0 Å². The molecular weight excluding hydrogens is 340 g/mol. The minimum atomic E-state index is -0.173. The van der Waals surface area contributed by atoms with Gasteiger partial charge in [0.05, 0.1) is 25.1 Å². The highest BCUT2D eigenvalue weighted by molar-refractivity contribution is 5.66. The molecule has 0 bridgehead atoms. The van der Waals surface area contributed by atoms with Gasteiger partial charge in [-0.3, -0.25) is 4.79 Å². The third kappa shape index (κ3) is 3.72. The average molecular weight is 362 g/mol. The lowest BCUT2D eigenvalue weighted by Crippen LogP contribution is -2.19. The number of rotatable bonds is 5. The van der Waals surface area contributed by atoms with Gasteiger partial charge < -0.3 is 9.47 Å². The second-order valence-electron chi connectivity index (χ2n) is 6.72. The Bertz CT molecular complexity index is 976. The molecule has 1 aliphatic carbocycles. The lowest BCUT2D eigenvalue weighted by molar-refractivity contribution is 0.201. The zero-order valence-corrected chi connectivity index (χ0v) is 15.3. The molecule has 3 aromatic rings. The maximum atomic E-state index is 12.5. The molecule has 0 aliphatic heterocycles. The third-order valence-corrected chi connectivity index (χ3v) is 4.89. The van der Waals surface area contributed by atoms with Crippen molar-refractivity contribution in [3.8, 4) is 28.3 Å². The molecule has 1 saturated carbocycles. The first-order valence-corrected chi connectivity index (χ1v) is 9.24. The fourth-order valence-electron chi connectivity index (χ4n) is 3.46. The highest BCUT2D eigenvalue weighted by atomic mass is 16.5. The number of para-hydroxylation sites is 1. The summed E-state index contributed by atoms with van der Waals surface area (Å²) in [7, 11) is 1.64. The van der Waals surface area contributed by atoms with Crippen molar-refractivity contribution in [3.63, 3.8) is 0 Å². The predicted octanol–water partition coefficient (Wildman–Crippen LogP) is 4.23. The smallest absolute Gasteiger partial charge is 0.272 e. The summed E-state index contributed by atoms with van der Waals surface area (Å²) in [6, 6.07) is 16.7. The highest BCUT2D eigenvalue weighted by Crippen LogP contribution is 2.35. The Balaban J connectivity index is 1.66. The van der Waals surface area contributed by atoms with E-state index in [0.29, 0.717) is 11.5 Å². The Kier molecular flexibility index (Phi) is 4.92. The first kappa shape index (κ1) is 17.3. The Morgan fingerprint density at radius 1 is 0.963 bits per heavy atom. The summed E-state index contributed by atoms with van der Waals surface area (Å²) >= 11 is 0. The van der Waals surface area contributed by atoms with Gasteiger partial charge in [0.15, 0.2) is 11.5 Å². The zero-order valence-electron chi connectivity index (χ0n) is 15.3. The molecular formula is C22H22N2O3. The van der Waals surface area contributed by atoms with Gasteiger partial charge in [-0.15, -0.1) is 0 Å². The van der Waals surface area contributed by atoms with Gasteiger partial charge in [-0.05, 0) is 55.5 Å². The predicted molar refractivity (Wildman–Crippen MR) is 105 cm³/mol. The first-order chi connectivity index (χ1) is 13.2. The second kappa shape index (κ2) is 7.66. The average Bonchev–Trinajstić information content (AvgIpc) is 3.21. The third-order valence-electron chi connectivity index (χ3n) is 4.89. The van der Waals surface area contributed by atoms with E-state index >= 15 is 0 Å². The zero-order chi connectivity index (χ0) is 18.6. The molecule has 0 spiro atoms. The van der Waals surface area contributed by atoms with E-state index in [9.17, 15) is 4.79 Å². The number of aromatic nitrogens is 2. The fourth-order valence-corrected chi connectivity index (χ4v) is 3.46. The van der Waals surface area contributed by atoms with Crippen LogP contribution >= 0.6 is 0 Å². The first-order valence-electron chi connectivity index (χ1n) is 9.24. The molecule has 0 amide bonds. The Morgan fingerprint density at radius 3 is 2.44 bits per heavy atom. The van der Waals surface area contributed by atoms with Crippen molar-refractivity contribution in [2.24, 2.45) is 0 Å². The molecule has 5 heteroatoms. The molecule has 1 aliphatic rings. The van der Waals surface area contributed by atoms with Crippen LogP contribution in [0.25, 0.3) is 16.8 Å². The van der Waals surface area contributed by atoms with Crippen LogP contribution in [0, 0.1) is 0 Å². The molecule has 0 radical (unpaired) electrons. The molecule has 0 saturated heterocycles. The van der Waals surface area contributed by atoms with E-state index in [1.54, 1.807) is 19.4 Å². The van der Waals surface area contributed by atoms with Gasteiger partial charge in [-0.2, -0.15) is 9.78 Å². The van der Waals surface area contributed by atoms with E-state index in [2.05, 4.69) is 5.10 Å². The maximum absolute atomic E-state index is 12.5. The molecule has 5 nitrogen and oxygen atoms in total. The van der Waals surface area contributed by atoms with Crippen molar-refractivity contribution in [1.29, 1.82) is 0 Å². The summed E-state index contributed by atoms with van der Waals surface area (Å²) < 4.78 is 13.0. The highest BCUT2D eigenvalue weighted by Gasteiger charge is 2.19. The van der Waals surface area contributed by atoms with Gasteiger partial charge in [0, 0.05) is 11.6 Å². The number of hydrogen-bond acceptors (Lipinski definition) is 4. The molecule has 0 unspecified atom stereocenters. The van der Waals surface area contributed by atoms with Crippen LogP contribution in [0.3, 0.4) is 0 Å². The van der Waals surface area contributed by atoms with Crippen LogP contribution in [-0.4, -0.2) is 23.0 Å². The molecule has 0 N–H and O–H groups in total. The summed E-state index contributed by atoms with van der Waals surface area (Å²) in [5.74, 6) is 1.42. The normalized spacial score (nSPS) is 14.3. The summed E-state index contributed by atoms with van der Waals surface area (Å²) in [5.41, 5.74) is 2.21. The van der Waals surface area contributed by atoms with E-state index in [1.807, 2.05) is 48.5 Å². The second-order valence-corrected chi connectivity index (χ2v) is 6.72. The van der Waals surface area contributed by atoms with Crippen LogP contribution in [0.15, 0.2) is 65.6 Å². The molecule has 0 atom stereocenters. The van der Waals surface area contributed by atoms with E-state index < -0.39 is 0 Å². The topological polar surface area (TPSA) is 53.4 Å². The van der Waals surface area contributed by atoms with Gasteiger partial charge in [-0.1, -0.05) is 24.3 Å². The van der Waals surface area contributed by atoms with Crippen molar-refractivity contribution in [3.05, 3.63) is 71.1 Å². The van der Waals surface area contributed by atoms with Crippen LogP contribution in [-0.2, 0) is 0 Å². The van der Waals surface area contributed by atoms with E-state index in [0.717, 1.165) is 29.7 Å². The SMILES string of the molecule is COc1ccc(-c2cnn(-c3ccccc3)c(=O)c2)cc1OC1CCCC1.